The second kappa shape index (κ2) is 3.85. The van der Waals surface area contributed by atoms with Gasteiger partial charge in [0.25, 0.3) is 0 Å². The molecule has 0 fully saturated rings. The highest BCUT2D eigenvalue weighted by Gasteiger charge is 2.17. The van der Waals surface area contributed by atoms with Crippen LogP contribution >= 0.6 is 15.9 Å². The highest BCUT2D eigenvalue weighted by atomic mass is 79.9. The zero-order valence-corrected chi connectivity index (χ0v) is 8.08. The third kappa shape index (κ3) is 2.26. The Morgan fingerprint density at radius 3 is 2.77 bits per heavy atom. The Labute approximate surface area is 82.5 Å². The lowest BCUT2D eigenvalue weighted by Gasteiger charge is -2.08. The van der Waals surface area contributed by atoms with Crippen LogP contribution in [0.3, 0.4) is 0 Å². The van der Waals surface area contributed by atoms with Gasteiger partial charge in [-0.3, -0.25) is 4.79 Å². The van der Waals surface area contributed by atoms with Crippen LogP contribution in [0.2, 0.25) is 0 Å². The number of halogens is 2. The maximum Gasteiger partial charge on any atom is 0.325 e. The van der Waals surface area contributed by atoms with Crippen molar-refractivity contribution < 1.29 is 14.3 Å². The summed E-state index contributed by atoms with van der Waals surface area (Å²) in [6.45, 7) is 0. The first-order valence-electron chi connectivity index (χ1n) is 3.45. The van der Waals surface area contributed by atoms with Crippen molar-refractivity contribution in [3.8, 4) is 0 Å². The number of aliphatic carboxylic acids is 1. The van der Waals surface area contributed by atoms with Crippen LogP contribution in [0.25, 0.3) is 0 Å². The highest BCUT2D eigenvalue weighted by molar-refractivity contribution is 9.10. The van der Waals surface area contributed by atoms with Crippen LogP contribution in [-0.2, 0) is 4.79 Å². The molecule has 0 aliphatic carbocycles. The summed E-state index contributed by atoms with van der Waals surface area (Å²) >= 11 is 3.09. The Morgan fingerprint density at radius 1 is 1.62 bits per heavy atom. The van der Waals surface area contributed by atoms with E-state index in [1.165, 1.54) is 12.1 Å². The molecule has 0 aliphatic heterocycles. The van der Waals surface area contributed by atoms with E-state index < -0.39 is 17.8 Å². The average Bonchev–Trinajstić information content (AvgIpc) is 2.08. The molecule has 0 aliphatic rings. The standard InChI is InChI=1S/C8H7BrFNO2/c9-6-2-1-4(10)3-5(6)7(11)8(12)13/h1-3,7H,11H2,(H,12,13)/t7-/m1/s1. The van der Waals surface area contributed by atoms with E-state index in [1.54, 1.807) is 0 Å². The first-order chi connectivity index (χ1) is 6.02. The summed E-state index contributed by atoms with van der Waals surface area (Å²) in [7, 11) is 0. The quantitative estimate of drug-likeness (QED) is 0.836. The van der Waals surface area contributed by atoms with Crippen LogP contribution in [0.5, 0.6) is 0 Å². The van der Waals surface area contributed by atoms with Gasteiger partial charge in [0.15, 0.2) is 0 Å². The molecule has 70 valence electrons. The number of carboxylic acid groups (broad SMARTS) is 1. The maximum atomic E-state index is 12.7. The molecular formula is C8H7BrFNO2. The van der Waals surface area contributed by atoms with Crippen LogP contribution in [0.4, 0.5) is 4.39 Å². The van der Waals surface area contributed by atoms with Crippen molar-refractivity contribution in [2.24, 2.45) is 5.73 Å². The van der Waals surface area contributed by atoms with Crippen LogP contribution in [0.1, 0.15) is 11.6 Å². The largest absolute Gasteiger partial charge is 0.480 e. The van der Waals surface area contributed by atoms with E-state index in [9.17, 15) is 9.18 Å². The molecule has 0 radical (unpaired) electrons. The number of carboxylic acids is 1. The number of hydrogen-bond donors (Lipinski definition) is 2. The van der Waals surface area contributed by atoms with E-state index in [1.807, 2.05) is 0 Å². The molecule has 3 N–H and O–H groups in total. The fraction of sp³-hybridized carbons (Fsp3) is 0.125. The van der Waals surface area contributed by atoms with Crippen molar-refractivity contribution in [2.75, 3.05) is 0 Å². The van der Waals surface area contributed by atoms with E-state index in [2.05, 4.69) is 15.9 Å². The fourth-order valence-electron chi connectivity index (χ4n) is 0.886. The second-order valence-electron chi connectivity index (χ2n) is 2.48. The average molecular weight is 248 g/mol. The maximum absolute atomic E-state index is 12.7. The third-order valence-corrected chi connectivity index (χ3v) is 2.28. The Bertz CT molecular complexity index is 343. The third-order valence-electron chi connectivity index (χ3n) is 1.56. The van der Waals surface area contributed by atoms with Crippen LogP contribution in [0.15, 0.2) is 22.7 Å². The molecule has 0 unspecified atom stereocenters. The highest BCUT2D eigenvalue weighted by Crippen LogP contribution is 2.22. The van der Waals surface area contributed by atoms with Crippen LogP contribution in [-0.4, -0.2) is 11.1 Å². The smallest absolute Gasteiger partial charge is 0.325 e. The minimum Gasteiger partial charge on any atom is -0.480 e. The molecule has 1 atom stereocenters. The van der Waals surface area contributed by atoms with Gasteiger partial charge in [-0.25, -0.2) is 4.39 Å². The van der Waals surface area contributed by atoms with Gasteiger partial charge < -0.3 is 10.8 Å². The van der Waals surface area contributed by atoms with Crippen molar-refractivity contribution in [2.45, 2.75) is 6.04 Å². The molecule has 3 nitrogen and oxygen atoms in total. The van der Waals surface area contributed by atoms with Crippen molar-refractivity contribution in [3.63, 3.8) is 0 Å². The van der Waals surface area contributed by atoms with Gasteiger partial charge in [0.2, 0.25) is 0 Å². The summed E-state index contributed by atoms with van der Waals surface area (Å²) in [5, 5.41) is 8.58. The summed E-state index contributed by atoms with van der Waals surface area (Å²) in [6, 6.07) is 2.54. The lowest BCUT2D eigenvalue weighted by atomic mass is 10.1. The Hall–Kier alpha value is -0.940. The molecule has 0 bridgehead atoms. The number of rotatable bonds is 2. The fourth-order valence-corrected chi connectivity index (χ4v) is 1.38. The SMILES string of the molecule is N[C@@H](C(=O)O)c1cc(F)ccc1Br. The molecule has 0 spiro atoms. The van der Waals surface area contributed by atoms with Gasteiger partial charge in [0.05, 0.1) is 0 Å². The Kier molecular flexibility index (Phi) is 3.00. The van der Waals surface area contributed by atoms with E-state index >= 15 is 0 Å². The Balaban J connectivity index is 3.12. The second-order valence-corrected chi connectivity index (χ2v) is 3.34. The van der Waals surface area contributed by atoms with Crippen molar-refractivity contribution >= 4 is 21.9 Å². The van der Waals surface area contributed by atoms with Crippen molar-refractivity contribution in [3.05, 3.63) is 34.1 Å². The van der Waals surface area contributed by atoms with E-state index in [4.69, 9.17) is 10.8 Å². The molecule has 5 heteroatoms. The molecule has 0 heterocycles. The lowest BCUT2D eigenvalue weighted by Crippen LogP contribution is -2.21. The minimum atomic E-state index is -1.20. The zero-order chi connectivity index (χ0) is 10.0. The predicted molar refractivity (Wildman–Crippen MR) is 48.7 cm³/mol. The summed E-state index contributed by atoms with van der Waals surface area (Å²) in [5.41, 5.74) is 5.54. The molecule has 1 aromatic rings. The van der Waals surface area contributed by atoms with E-state index in [-0.39, 0.29) is 5.56 Å². The van der Waals surface area contributed by atoms with Gasteiger partial charge in [0, 0.05) is 4.47 Å². The number of hydrogen-bond acceptors (Lipinski definition) is 2. The number of carbonyl (C=O) groups is 1. The molecule has 0 aromatic heterocycles. The summed E-state index contributed by atoms with van der Waals surface area (Å²) in [5.74, 6) is -1.69. The van der Waals surface area contributed by atoms with Crippen molar-refractivity contribution in [1.29, 1.82) is 0 Å². The molecule has 13 heavy (non-hydrogen) atoms. The monoisotopic (exact) mass is 247 g/mol. The summed E-state index contributed by atoms with van der Waals surface area (Å²) in [4.78, 5) is 10.5. The van der Waals surface area contributed by atoms with Gasteiger partial charge in [-0.05, 0) is 23.8 Å². The molecule has 0 saturated heterocycles. The lowest BCUT2D eigenvalue weighted by molar-refractivity contribution is -0.138. The van der Waals surface area contributed by atoms with E-state index in [0.717, 1.165) is 6.07 Å². The molecule has 0 saturated carbocycles. The van der Waals surface area contributed by atoms with Crippen LogP contribution in [0, 0.1) is 5.82 Å². The van der Waals surface area contributed by atoms with Gasteiger partial charge in [-0.1, -0.05) is 15.9 Å². The number of nitrogens with two attached hydrogens (primary N) is 1. The summed E-state index contributed by atoms with van der Waals surface area (Å²) in [6.07, 6.45) is 0. The molecule has 0 amide bonds. The topological polar surface area (TPSA) is 63.3 Å². The van der Waals surface area contributed by atoms with Crippen LogP contribution < -0.4 is 5.73 Å². The number of benzene rings is 1. The Morgan fingerprint density at radius 2 is 2.23 bits per heavy atom. The predicted octanol–water partition coefficient (Wildman–Crippen LogP) is 1.67. The summed E-state index contributed by atoms with van der Waals surface area (Å²) < 4.78 is 13.2. The first-order valence-corrected chi connectivity index (χ1v) is 4.25. The van der Waals surface area contributed by atoms with Gasteiger partial charge >= 0.3 is 5.97 Å². The molecule has 1 aromatic carbocycles. The van der Waals surface area contributed by atoms with Crippen molar-refractivity contribution in [1.82, 2.24) is 0 Å². The minimum absolute atomic E-state index is 0.229. The van der Waals surface area contributed by atoms with Gasteiger partial charge in [-0.15, -0.1) is 0 Å². The van der Waals surface area contributed by atoms with Gasteiger partial charge in [0.1, 0.15) is 11.9 Å². The van der Waals surface area contributed by atoms with E-state index in [0.29, 0.717) is 4.47 Å². The molecule has 1 rings (SSSR count). The normalized spacial score (nSPS) is 12.5. The first kappa shape index (κ1) is 10.1. The zero-order valence-electron chi connectivity index (χ0n) is 6.50. The van der Waals surface area contributed by atoms with Gasteiger partial charge in [-0.2, -0.15) is 0 Å². The molecular weight excluding hydrogens is 241 g/mol.